The van der Waals surface area contributed by atoms with Gasteiger partial charge in [0.25, 0.3) is 0 Å². The zero-order valence-electron chi connectivity index (χ0n) is 13.7. The molecule has 0 amide bonds. The molecule has 0 unspecified atom stereocenters. The largest absolute Gasteiger partial charge is 0.462 e. The lowest BCUT2D eigenvalue weighted by Crippen LogP contribution is -2.12. The van der Waals surface area contributed by atoms with E-state index in [0.29, 0.717) is 30.4 Å². The summed E-state index contributed by atoms with van der Waals surface area (Å²) in [7, 11) is 0. The Morgan fingerprint density at radius 2 is 2.25 bits per heavy atom. The number of anilines is 1. The fourth-order valence-corrected chi connectivity index (χ4v) is 2.49. The third kappa shape index (κ3) is 3.34. The molecule has 0 saturated heterocycles. The highest BCUT2D eigenvalue weighted by Gasteiger charge is 2.12. The Morgan fingerprint density at radius 3 is 3.04 bits per heavy atom. The maximum atomic E-state index is 11.7. The van der Waals surface area contributed by atoms with E-state index >= 15 is 0 Å². The first kappa shape index (κ1) is 15.9. The van der Waals surface area contributed by atoms with Crippen molar-refractivity contribution in [1.29, 1.82) is 0 Å². The van der Waals surface area contributed by atoms with E-state index in [1.807, 2.05) is 18.3 Å². The molecule has 24 heavy (non-hydrogen) atoms. The summed E-state index contributed by atoms with van der Waals surface area (Å²) < 4.78 is 4.97. The quantitative estimate of drug-likeness (QED) is 0.676. The van der Waals surface area contributed by atoms with Crippen molar-refractivity contribution in [3.8, 4) is 0 Å². The van der Waals surface area contributed by atoms with Crippen molar-refractivity contribution in [1.82, 2.24) is 19.9 Å². The Bertz CT molecular complexity index is 859. The van der Waals surface area contributed by atoms with Gasteiger partial charge in [0.15, 0.2) is 0 Å². The Morgan fingerprint density at radius 1 is 1.38 bits per heavy atom. The summed E-state index contributed by atoms with van der Waals surface area (Å²) in [6.45, 7) is 4.55. The number of aryl methyl sites for hydroxylation is 1. The molecule has 0 aliphatic rings. The smallest absolute Gasteiger partial charge is 0.341 e. The molecule has 0 saturated carbocycles. The molecule has 0 aromatic carbocycles. The first-order valence-corrected chi connectivity index (χ1v) is 7.84. The van der Waals surface area contributed by atoms with E-state index in [1.54, 1.807) is 20.0 Å². The number of esters is 1. The number of aromatic amines is 1. The van der Waals surface area contributed by atoms with Gasteiger partial charge in [0, 0.05) is 30.5 Å². The lowest BCUT2D eigenvalue weighted by molar-refractivity contribution is 0.0524. The van der Waals surface area contributed by atoms with Crippen LogP contribution >= 0.6 is 0 Å². The molecule has 3 aromatic rings. The van der Waals surface area contributed by atoms with Crippen LogP contribution in [0.15, 0.2) is 30.7 Å². The fraction of sp³-hybridized carbons (Fsp3) is 0.294. The molecule has 3 rings (SSSR count). The number of H-pyrrole nitrogens is 1. The number of ether oxygens (including phenoxy) is 1. The minimum absolute atomic E-state index is 0.331. The summed E-state index contributed by atoms with van der Waals surface area (Å²) in [5.74, 6) is 0.103. The van der Waals surface area contributed by atoms with E-state index in [-0.39, 0.29) is 0 Å². The SMILES string of the molecule is CCOC(=O)c1cnc(NCCc2c[nH]c3ncccc23)nc1C. The highest BCUT2D eigenvalue weighted by Crippen LogP contribution is 2.16. The molecule has 0 fully saturated rings. The van der Waals surface area contributed by atoms with Crippen LogP contribution in [0.2, 0.25) is 0 Å². The lowest BCUT2D eigenvalue weighted by Gasteiger charge is -2.08. The van der Waals surface area contributed by atoms with Crippen LogP contribution in [0.3, 0.4) is 0 Å². The van der Waals surface area contributed by atoms with Crippen LogP contribution in [-0.2, 0) is 11.2 Å². The van der Waals surface area contributed by atoms with E-state index < -0.39 is 5.97 Å². The van der Waals surface area contributed by atoms with Gasteiger partial charge in [-0.1, -0.05) is 0 Å². The van der Waals surface area contributed by atoms with Crippen molar-refractivity contribution in [3.05, 3.63) is 47.5 Å². The zero-order chi connectivity index (χ0) is 16.9. The van der Waals surface area contributed by atoms with Gasteiger partial charge in [-0.3, -0.25) is 0 Å². The van der Waals surface area contributed by atoms with Crippen LogP contribution in [-0.4, -0.2) is 39.1 Å². The van der Waals surface area contributed by atoms with Crippen LogP contribution in [0.25, 0.3) is 11.0 Å². The van der Waals surface area contributed by atoms with Crippen LogP contribution < -0.4 is 5.32 Å². The number of nitrogens with zero attached hydrogens (tertiary/aromatic N) is 3. The van der Waals surface area contributed by atoms with Crippen molar-refractivity contribution in [2.45, 2.75) is 20.3 Å². The van der Waals surface area contributed by atoms with E-state index in [4.69, 9.17) is 4.74 Å². The molecule has 7 nitrogen and oxygen atoms in total. The molecule has 0 bridgehead atoms. The average molecular weight is 325 g/mol. The minimum atomic E-state index is -0.396. The molecular formula is C17H19N5O2. The summed E-state index contributed by atoms with van der Waals surface area (Å²) in [6, 6.07) is 3.97. The third-order valence-corrected chi connectivity index (χ3v) is 3.69. The molecule has 7 heteroatoms. The molecule has 0 atom stereocenters. The van der Waals surface area contributed by atoms with Gasteiger partial charge < -0.3 is 15.0 Å². The first-order chi connectivity index (χ1) is 11.7. The van der Waals surface area contributed by atoms with E-state index in [9.17, 15) is 4.79 Å². The number of nitrogens with one attached hydrogen (secondary N) is 2. The van der Waals surface area contributed by atoms with Crippen molar-refractivity contribution < 1.29 is 9.53 Å². The number of carbonyl (C=O) groups is 1. The molecule has 124 valence electrons. The topological polar surface area (TPSA) is 92.8 Å². The van der Waals surface area contributed by atoms with E-state index in [0.717, 1.165) is 17.5 Å². The standard InChI is InChI=1S/C17H19N5O2/c1-3-24-16(23)14-10-21-17(22-11(14)2)19-8-6-12-9-20-15-13(12)5-4-7-18-15/h4-5,7,9-10H,3,6,8H2,1-2H3,(H,18,20)(H,19,21,22). The van der Waals surface area contributed by atoms with Gasteiger partial charge in [-0.2, -0.15) is 0 Å². The summed E-state index contributed by atoms with van der Waals surface area (Å²) in [5, 5.41) is 4.30. The normalized spacial score (nSPS) is 10.8. The van der Waals surface area contributed by atoms with Crippen LogP contribution in [0.1, 0.15) is 28.5 Å². The Hall–Kier alpha value is -2.96. The fourth-order valence-electron chi connectivity index (χ4n) is 2.49. The lowest BCUT2D eigenvalue weighted by atomic mass is 10.1. The van der Waals surface area contributed by atoms with E-state index in [1.165, 1.54) is 11.8 Å². The Balaban J connectivity index is 1.63. The van der Waals surface area contributed by atoms with Crippen molar-refractivity contribution >= 4 is 23.0 Å². The molecule has 2 N–H and O–H groups in total. The van der Waals surface area contributed by atoms with Gasteiger partial charge in [-0.05, 0) is 38.0 Å². The third-order valence-electron chi connectivity index (χ3n) is 3.69. The van der Waals surface area contributed by atoms with Gasteiger partial charge in [0.1, 0.15) is 5.65 Å². The number of hydrogen-bond donors (Lipinski definition) is 2. The van der Waals surface area contributed by atoms with Crippen molar-refractivity contribution in [3.63, 3.8) is 0 Å². The predicted octanol–water partition coefficient (Wildman–Crippen LogP) is 2.49. The summed E-state index contributed by atoms with van der Waals surface area (Å²) in [5.41, 5.74) is 3.07. The molecule has 0 aliphatic carbocycles. The van der Waals surface area contributed by atoms with Crippen LogP contribution in [0.5, 0.6) is 0 Å². The van der Waals surface area contributed by atoms with Crippen molar-refractivity contribution in [2.75, 3.05) is 18.5 Å². The average Bonchev–Trinajstić information content (AvgIpc) is 2.98. The second-order valence-corrected chi connectivity index (χ2v) is 5.30. The van der Waals surface area contributed by atoms with Gasteiger partial charge in [0.2, 0.25) is 5.95 Å². The number of hydrogen-bond acceptors (Lipinski definition) is 6. The number of rotatable bonds is 6. The second-order valence-electron chi connectivity index (χ2n) is 5.30. The molecule has 3 heterocycles. The summed E-state index contributed by atoms with van der Waals surface area (Å²) >= 11 is 0. The monoisotopic (exact) mass is 325 g/mol. The van der Waals surface area contributed by atoms with Gasteiger partial charge in [-0.25, -0.2) is 19.7 Å². The molecule has 0 spiro atoms. The maximum absolute atomic E-state index is 11.7. The van der Waals surface area contributed by atoms with E-state index in [2.05, 4.69) is 25.3 Å². The van der Waals surface area contributed by atoms with Crippen LogP contribution in [0, 0.1) is 6.92 Å². The highest BCUT2D eigenvalue weighted by molar-refractivity contribution is 5.90. The molecule has 0 radical (unpaired) electrons. The Kier molecular flexibility index (Phi) is 4.69. The minimum Gasteiger partial charge on any atom is -0.462 e. The number of carbonyl (C=O) groups excluding carboxylic acids is 1. The Labute approximate surface area is 139 Å². The van der Waals surface area contributed by atoms with Gasteiger partial charge in [-0.15, -0.1) is 0 Å². The number of fused-ring (bicyclic) bond motifs is 1. The molecular weight excluding hydrogens is 306 g/mol. The number of aromatic nitrogens is 4. The maximum Gasteiger partial charge on any atom is 0.341 e. The van der Waals surface area contributed by atoms with Crippen molar-refractivity contribution in [2.24, 2.45) is 0 Å². The summed E-state index contributed by atoms with van der Waals surface area (Å²) in [4.78, 5) is 27.7. The number of pyridine rings is 1. The molecule has 0 aliphatic heterocycles. The van der Waals surface area contributed by atoms with Crippen LogP contribution in [0.4, 0.5) is 5.95 Å². The highest BCUT2D eigenvalue weighted by atomic mass is 16.5. The molecule has 3 aromatic heterocycles. The van der Waals surface area contributed by atoms with Gasteiger partial charge in [0.05, 0.1) is 17.9 Å². The zero-order valence-corrected chi connectivity index (χ0v) is 13.7. The first-order valence-electron chi connectivity index (χ1n) is 7.84. The summed E-state index contributed by atoms with van der Waals surface area (Å²) in [6.07, 6.45) is 6.05. The van der Waals surface area contributed by atoms with Gasteiger partial charge >= 0.3 is 5.97 Å². The predicted molar refractivity (Wildman–Crippen MR) is 91.0 cm³/mol. The second kappa shape index (κ2) is 7.08.